The van der Waals surface area contributed by atoms with Crippen LogP contribution >= 0.6 is 0 Å². The number of benzene rings is 2. The Morgan fingerprint density at radius 3 is 2.81 bits per heavy atom. The van der Waals surface area contributed by atoms with Crippen LogP contribution in [0.4, 0.5) is 10.5 Å². The fraction of sp³-hybridized carbons (Fsp3) is 0.250. The first kappa shape index (κ1) is 17.1. The van der Waals surface area contributed by atoms with Crippen LogP contribution in [0.1, 0.15) is 23.1 Å². The highest BCUT2D eigenvalue weighted by atomic mass is 16.3. The van der Waals surface area contributed by atoms with Gasteiger partial charge in [0.15, 0.2) is 0 Å². The van der Waals surface area contributed by atoms with Gasteiger partial charge in [0.25, 0.3) is 5.91 Å². The number of hydrogen-bond donors (Lipinski definition) is 3. The lowest BCUT2D eigenvalue weighted by molar-refractivity contribution is -0.134. The third kappa shape index (κ3) is 2.71. The Balaban J connectivity index is 1.53. The van der Waals surface area contributed by atoms with E-state index in [4.69, 9.17) is 0 Å². The summed E-state index contributed by atoms with van der Waals surface area (Å²) in [4.78, 5) is 38.7. The quantitative estimate of drug-likeness (QED) is 0.572. The summed E-state index contributed by atoms with van der Waals surface area (Å²) in [5.74, 6) is -1.04. The Morgan fingerprint density at radius 1 is 1.26 bits per heavy atom. The van der Waals surface area contributed by atoms with Crippen LogP contribution in [0.3, 0.4) is 0 Å². The van der Waals surface area contributed by atoms with Crippen molar-refractivity contribution in [2.24, 2.45) is 0 Å². The topological polar surface area (TPSA) is 98.7 Å². The van der Waals surface area contributed by atoms with E-state index in [1.807, 2.05) is 31.2 Å². The Kier molecular flexibility index (Phi) is 3.87. The molecule has 2 aliphatic rings. The molecule has 3 N–H and O–H groups in total. The molecule has 0 saturated carbocycles. The molecule has 2 aromatic carbocycles. The number of urea groups is 1. The van der Waals surface area contributed by atoms with E-state index in [0.717, 1.165) is 21.6 Å². The van der Waals surface area contributed by atoms with Crippen molar-refractivity contribution in [2.75, 3.05) is 11.9 Å². The van der Waals surface area contributed by atoms with Crippen molar-refractivity contribution in [3.05, 3.63) is 59.2 Å². The van der Waals surface area contributed by atoms with Crippen molar-refractivity contribution in [1.82, 2.24) is 10.2 Å². The number of hydrogen-bond acceptors (Lipinski definition) is 4. The second-order valence-corrected chi connectivity index (χ2v) is 6.95. The number of nitrogens with one attached hydrogen (secondary N) is 2. The number of nitrogens with zero attached hydrogens (tertiary/aromatic N) is 1. The summed E-state index contributed by atoms with van der Waals surface area (Å²) in [5.41, 5.74) is 1.82. The third-order valence-electron chi connectivity index (χ3n) is 5.15. The SMILES string of the molecule is Cc1ccc(NC(=O)CN2C(=O)NC3(CCc4ccccc43)C2=O)c(O)c1. The van der Waals surface area contributed by atoms with Crippen molar-refractivity contribution in [3.63, 3.8) is 0 Å². The zero-order valence-electron chi connectivity index (χ0n) is 14.8. The van der Waals surface area contributed by atoms with Gasteiger partial charge in [-0.2, -0.15) is 0 Å². The van der Waals surface area contributed by atoms with Gasteiger partial charge in [-0.15, -0.1) is 0 Å². The van der Waals surface area contributed by atoms with E-state index in [1.165, 1.54) is 6.07 Å². The monoisotopic (exact) mass is 365 g/mol. The molecule has 0 radical (unpaired) electrons. The fourth-order valence-corrected chi connectivity index (χ4v) is 3.81. The molecule has 1 unspecified atom stereocenters. The van der Waals surface area contributed by atoms with Crippen molar-refractivity contribution in [2.45, 2.75) is 25.3 Å². The van der Waals surface area contributed by atoms with Gasteiger partial charge in [0.1, 0.15) is 17.8 Å². The van der Waals surface area contributed by atoms with E-state index in [2.05, 4.69) is 10.6 Å². The third-order valence-corrected chi connectivity index (χ3v) is 5.15. The van der Waals surface area contributed by atoms with E-state index in [1.54, 1.807) is 12.1 Å². The normalized spacial score (nSPS) is 20.7. The lowest BCUT2D eigenvalue weighted by Gasteiger charge is -2.22. The molecule has 1 saturated heterocycles. The van der Waals surface area contributed by atoms with Crippen LogP contribution in [-0.4, -0.2) is 34.4 Å². The second-order valence-electron chi connectivity index (χ2n) is 6.95. The van der Waals surface area contributed by atoms with Gasteiger partial charge in [-0.1, -0.05) is 30.3 Å². The zero-order valence-corrected chi connectivity index (χ0v) is 14.8. The van der Waals surface area contributed by atoms with E-state index in [-0.39, 0.29) is 11.4 Å². The second kappa shape index (κ2) is 6.12. The van der Waals surface area contributed by atoms with Crippen LogP contribution < -0.4 is 10.6 Å². The largest absolute Gasteiger partial charge is 0.506 e. The molecule has 1 heterocycles. The van der Waals surface area contributed by atoms with Crippen LogP contribution in [0.15, 0.2) is 42.5 Å². The van der Waals surface area contributed by atoms with Gasteiger partial charge in [0.05, 0.1) is 5.69 Å². The number of aryl methyl sites for hydroxylation is 2. The first-order valence-electron chi connectivity index (χ1n) is 8.73. The number of phenolic OH excluding ortho intramolecular Hbond substituents is 1. The van der Waals surface area contributed by atoms with Gasteiger partial charge in [0, 0.05) is 0 Å². The van der Waals surface area contributed by atoms with E-state index in [0.29, 0.717) is 12.8 Å². The number of carbonyl (C=O) groups is 3. The molecule has 4 amide bonds. The van der Waals surface area contributed by atoms with Crippen LogP contribution in [0.5, 0.6) is 5.75 Å². The number of phenols is 1. The minimum atomic E-state index is -1.08. The Labute approximate surface area is 156 Å². The Hall–Kier alpha value is -3.35. The summed E-state index contributed by atoms with van der Waals surface area (Å²) in [6.07, 6.45) is 1.17. The molecule has 1 aliphatic heterocycles. The maximum Gasteiger partial charge on any atom is 0.325 e. The molecule has 1 aliphatic carbocycles. The molecular formula is C20H19N3O4. The number of imide groups is 1. The highest BCUT2D eigenvalue weighted by Crippen LogP contribution is 2.41. The molecule has 4 rings (SSSR count). The minimum absolute atomic E-state index is 0.0678. The first-order chi connectivity index (χ1) is 12.9. The van der Waals surface area contributed by atoms with Crippen molar-refractivity contribution >= 4 is 23.5 Å². The maximum atomic E-state index is 13.0. The number of rotatable bonds is 3. The summed E-state index contributed by atoms with van der Waals surface area (Å²) < 4.78 is 0. The summed E-state index contributed by atoms with van der Waals surface area (Å²) in [5, 5.41) is 15.2. The van der Waals surface area contributed by atoms with E-state index >= 15 is 0 Å². The lowest BCUT2D eigenvalue weighted by Crippen LogP contribution is -2.43. The van der Waals surface area contributed by atoms with Crippen molar-refractivity contribution in [1.29, 1.82) is 0 Å². The predicted molar refractivity (Wildman–Crippen MR) is 98.2 cm³/mol. The van der Waals surface area contributed by atoms with Gasteiger partial charge >= 0.3 is 6.03 Å². The van der Waals surface area contributed by atoms with Crippen LogP contribution in [0, 0.1) is 6.92 Å². The molecule has 0 aromatic heterocycles. The van der Waals surface area contributed by atoms with Gasteiger partial charge in [-0.3, -0.25) is 14.5 Å². The number of fused-ring (bicyclic) bond motifs is 2. The standard InChI is InChI=1S/C20H19N3O4/c1-12-6-7-15(16(24)10-12)21-17(25)11-23-18(26)20(22-19(23)27)9-8-13-4-2-3-5-14(13)20/h2-7,10,24H,8-9,11H2,1H3,(H,21,25)(H,22,27). The zero-order chi connectivity index (χ0) is 19.2. The van der Waals surface area contributed by atoms with E-state index < -0.39 is 29.9 Å². The highest BCUT2D eigenvalue weighted by molar-refractivity contribution is 6.11. The predicted octanol–water partition coefficient (Wildman–Crippen LogP) is 2.03. The van der Waals surface area contributed by atoms with Gasteiger partial charge in [-0.25, -0.2) is 4.79 Å². The average molecular weight is 365 g/mol. The van der Waals surface area contributed by atoms with Crippen LogP contribution in [0.25, 0.3) is 0 Å². The molecule has 1 spiro atoms. The minimum Gasteiger partial charge on any atom is -0.506 e. The molecule has 0 bridgehead atoms. The number of aromatic hydroxyl groups is 1. The number of anilines is 1. The van der Waals surface area contributed by atoms with Gasteiger partial charge in [-0.05, 0) is 48.6 Å². The van der Waals surface area contributed by atoms with Gasteiger partial charge in [0.2, 0.25) is 5.91 Å². The summed E-state index contributed by atoms with van der Waals surface area (Å²) in [7, 11) is 0. The number of amides is 4. The Bertz CT molecular complexity index is 971. The first-order valence-corrected chi connectivity index (χ1v) is 8.73. The van der Waals surface area contributed by atoms with Crippen molar-refractivity contribution < 1.29 is 19.5 Å². The summed E-state index contributed by atoms with van der Waals surface area (Å²) in [6, 6.07) is 11.8. The molecule has 7 nitrogen and oxygen atoms in total. The molecule has 7 heteroatoms. The molecule has 27 heavy (non-hydrogen) atoms. The molecule has 1 atom stereocenters. The average Bonchev–Trinajstić information content (AvgIpc) is 3.11. The van der Waals surface area contributed by atoms with Crippen LogP contribution in [0.2, 0.25) is 0 Å². The highest BCUT2D eigenvalue weighted by Gasteiger charge is 2.55. The molecule has 1 fully saturated rings. The fourth-order valence-electron chi connectivity index (χ4n) is 3.81. The smallest absolute Gasteiger partial charge is 0.325 e. The van der Waals surface area contributed by atoms with Gasteiger partial charge < -0.3 is 15.7 Å². The van der Waals surface area contributed by atoms with Crippen LogP contribution in [-0.2, 0) is 21.5 Å². The Morgan fingerprint density at radius 2 is 2.04 bits per heavy atom. The molecular weight excluding hydrogens is 346 g/mol. The summed E-state index contributed by atoms with van der Waals surface area (Å²) >= 11 is 0. The van der Waals surface area contributed by atoms with Crippen molar-refractivity contribution in [3.8, 4) is 5.75 Å². The number of carbonyl (C=O) groups excluding carboxylic acids is 3. The summed E-state index contributed by atoms with van der Waals surface area (Å²) in [6.45, 7) is 1.40. The lowest BCUT2D eigenvalue weighted by atomic mass is 9.92. The molecule has 2 aromatic rings. The van der Waals surface area contributed by atoms with E-state index in [9.17, 15) is 19.5 Å². The maximum absolute atomic E-state index is 13.0. The molecule has 138 valence electrons.